The zero-order chi connectivity index (χ0) is 24.4. The summed E-state index contributed by atoms with van der Waals surface area (Å²) < 4.78 is 4.25. The lowest BCUT2D eigenvalue weighted by atomic mass is 9.97. The third-order valence-corrected chi connectivity index (χ3v) is 6.52. The highest BCUT2D eigenvalue weighted by atomic mass is 16.2. The molecule has 34 heavy (non-hydrogen) atoms. The van der Waals surface area contributed by atoms with E-state index in [1.165, 1.54) is 4.57 Å². The van der Waals surface area contributed by atoms with E-state index in [2.05, 4.69) is 4.90 Å². The highest BCUT2D eigenvalue weighted by Crippen LogP contribution is 2.25. The van der Waals surface area contributed by atoms with Gasteiger partial charge in [-0.1, -0.05) is 42.0 Å². The molecule has 1 aliphatic heterocycles. The zero-order valence-electron chi connectivity index (χ0n) is 20.0. The number of carbonyl (C=O) groups excluding carboxylic acids is 1. The molecule has 0 unspecified atom stereocenters. The number of fused-ring (bicyclic) bond motifs is 1. The number of aromatic nitrogens is 4. The van der Waals surface area contributed by atoms with Crippen molar-refractivity contribution in [3.05, 3.63) is 68.4 Å². The van der Waals surface area contributed by atoms with Crippen LogP contribution in [0.15, 0.2) is 51.6 Å². The summed E-state index contributed by atoms with van der Waals surface area (Å²) in [6.45, 7) is 6.36. The maximum atomic E-state index is 13.6. The lowest BCUT2D eigenvalue weighted by molar-refractivity contribution is 0.0969. The van der Waals surface area contributed by atoms with Gasteiger partial charge >= 0.3 is 5.69 Å². The summed E-state index contributed by atoms with van der Waals surface area (Å²) in [7, 11) is 1.59. The van der Waals surface area contributed by atoms with Gasteiger partial charge in [-0.25, -0.2) is 4.79 Å². The number of allylic oxidation sites excluding steroid dienone is 2. The molecule has 1 saturated heterocycles. The van der Waals surface area contributed by atoms with Crippen molar-refractivity contribution in [2.45, 2.75) is 39.8 Å². The molecule has 0 amide bonds. The third-order valence-electron chi connectivity index (χ3n) is 6.52. The van der Waals surface area contributed by atoms with Crippen molar-refractivity contribution in [2.24, 2.45) is 18.7 Å². The molecular formula is C25H32N6O3. The van der Waals surface area contributed by atoms with Crippen LogP contribution in [-0.4, -0.2) is 44.1 Å². The molecule has 0 saturated carbocycles. The normalized spacial score (nSPS) is 14.5. The molecule has 4 rings (SSSR count). The molecule has 9 heteroatoms. The molecule has 3 heterocycles. The molecule has 0 spiro atoms. The number of aryl methyl sites for hydroxylation is 1. The van der Waals surface area contributed by atoms with Crippen LogP contribution in [0.25, 0.3) is 11.2 Å². The van der Waals surface area contributed by atoms with Crippen molar-refractivity contribution in [1.82, 2.24) is 18.7 Å². The molecule has 9 nitrogen and oxygen atoms in total. The Hall–Kier alpha value is -3.46. The second-order valence-corrected chi connectivity index (χ2v) is 9.16. The quantitative estimate of drug-likeness (QED) is 0.423. The predicted molar refractivity (Wildman–Crippen MR) is 133 cm³/mol. The number of Topliss-reactive ketones (excluding diaryl/α,β-unsaturated/α-hetero) is 1. The standard InChI is InChI=1S/C25H32N6O3/c1-17(2)9-14-30-21-22(27-24(30)29-12-10-18(15-26)11-13-29)28(3)25(34)31(23(21)33)16-20(32)19-7-5-4-6-8-19/h4-9,18H,10-16,26H2,1-3H3. The van der Waals surface area contributed by atoms with Crippen molar-refractivity contribution in [3.8, 4) is 0 Å². The molecule has 1 fully saturated rings. The van der Waals surface area contributed by atoms with Crippen molar-refractivity contribution in [2.75, 3.05) is 24.5 Å². The number of benzene rings is 1. The Morgan fingerprint density at radius 2 is 1.79 bits per heavy atom. The van der Waals surface area contributed by atoms with E-state index < -0.39 is 11.2 Å². The highest BCUT2D eigenvalue weighted by Gasteiger charge is 2.26. The number of imidazole rings is 1. The maximum Gasteiger partial charge on any atom is 0.332 e. The van der Waals surface area contributed by atoms with Crippen LogP contribution in [-0.2, 0) is 20.1 Å². The van der Waals surface area contributed by atoms with Crippen molar-refractivity contribution < 1.29 is 4.79 Å². The first-order valence-electron chi connectivity index (χ1n) is 11.7. The van der Waals surface area contributed by atoms with Crippen LogP contribution in [0, 0.1) is 5.92 Å². The lowest BCUT2D eigenvalue weighted by Gasteiger charge is -2.32. The van der Waals surface area contributed by atoms with E-state index in [0.29, 0.717) is 41.7 Å². The summed E-state index contributed by atoms with van der Waals surface area (Å²) in [6, 6.07) is 8.68. The van der Waals surface area contributed by atoms with Crippen LogP contribution < -0.4 is 21.9 Å². The van der Waals surface area contributed by atoms with Gasteiger partial charge in [0.1, 0.15) is 0 Å². The first-order chi connectivity index (χ1) is 16.3. The van der Waals surface area contributed by atoms with Gasteiger partial charge in [-0.05, 0) is 39.2 Å². The molecule has 2 aromatic heterocycles. The Morgan fingerprint density at radius 3 is 2.41 bits per heavy atom. The van der Waals surface area contributed by atoms with Gasteiger partial charge in [0, 0.05) is 32.2 Å². The SMILES string of the molecule is CC(C)=CCn1c(N2CCC(CN)CC2)nc2c1c(=O)n(CC(=O)c1ccccc1)c(=O)n2C. The number of nitrogens with zero attached hydrogens (tertiary/aromatic N) is 5. The monoisotopic (exact) mass is 464 g/mol. The van der Waals surface area contributed by atoms with Gasteiger partial charge in [-0.15, -0.1) is 0 Å². The minimum atomic E-state index is -0.554. The van der Waals surface area contributed by atoms with Crippen LogP contribution in [0.4, 0.5) is 5.95 Å². The Bertz CT molecular complexity index is 1340. The Balaban J connectivity index is 1.85. The summed E-state index contributed by atoms with van der Waals surface area (Å²) in [4.78, 5) is 46.4. The number of carbonyl (C=O) groups is 1. The van der Waals surface area contributed by atoms with Gasteiger partial charge in [-0.2, -0.15) is 4.98 Å². The van der Waals surface area contributed by atoms with E-state index in [1.807, 2.05) is 30.6 Å². The number of hydrogen-bond donors (Lipinski definition) is 1. The van der Waals surface area contributed by atoms with Crippen LogP contribution in [0.5, 0.6) is 0 Å². The Kier molecular flexibility index (Phi) is 6.83. The first-order valence-corrected chi connectivity index (χ1v) is 11.7. The van der Waals surface area contributed by atoms with Crippen molar-refractivity contribution in [1.29, 1.82) is 0 Å². The second-order valence-electron chi connectivity index (χ2n) is 9.16. The number of ketones is 1. The Labute approximate surface area is 198 Å². The lowest BCUT2D eigenvalue weighted by Crippen LogP contribution is -2.41. The number of hydrogen-bond acceptors (Lipinski definition) is 6. The van der Waals surface area contributed by atoms with Gasteiger partial charge in [0.15, 0.2) is 16.9 Å². The van der Waals surface area contributed by atoms with E-state index >= 15 is 0 Å². The molecule has 1 aromatic carbocycles. The van der Waals surface area contributed by atoms with E-state index in [-0.39, 0.29) is 12.3 Å². The van der Waals surface area contributed by atoms with Gasteiger partial charge in [0.05, 0.1) is 6.54 Å². The summed E-state index contributed by atoms with van der Waals surface area (Å²) in [5.41, 5.74) is 7.03. The molecule has 1 aliphatic rings. The largest absolute Gasteiger partial charge is 0.342 e. The molecular weight excluding hydrogens is 432 g/mol. The summed E-state index contributed by atoms with van der Waals surface area (Å²) in [5.74, 6) is 0.859. The molecule has 0 atom stereocenters. The summed E-state index contributed by atoms with van der Waals surface area (Å²) in [5, 5.41) is 0. The molecule has 2 N–H and O–H groups in total. The van der Waals surface area contributed by atoms with E-state index in [1.54, 1.807) is 31.3 Å². The molecule has 180 valence electrons. The zero-order valence-corrected chi connectivity index (χ0v) is 20.0. The van der Waals surface area contributed by atoms with Crippen molar-refractivity contribution >= 4 is 22.9 Å². The van der Waals surface area contributed by atoms with E-state index in [4.69, 9.17) is 10.7 Å². The average molecular weight is 465 g/mol. The fraction of sp³-hybridized carbons (Fsp3) is 0.440. The Morgan fingerprint density at radius 1 is 1.12 bits per heavy atom. The molecule has 0 aliphatic carbocycles. The number of anilines is 1. The fourth-order valence-corrected chi connectivity index (χ4v) is 4.42. The van der Waals surface area contributed by atoms with Crippen LogP contribution in [0.1, 0.15) is 37.0 Å². The molecule has 0 radical (unpaired) electrons. The van der Waals surface area contributed by atoms with Crippen molar-refractivity contribution in [3.63, 3.8) is 0 Å². The minimum Gasteiger partial charge on any atom is -0.342 e. The maximum absolute atomic E-state index is 13.6. The predicted octanol–water partition coefficient (Wildman–Crippen LogP) is 1.92. The smallest absolute Gasteiger partial charge is 0.332 e. The fourth-order valence-electron chi connectivity index (χ4n) is 4.42. The average Bonchev–Trinajstić information content (AvgIpc) is 3.24. The summed E-state index contributed by atoms with van der Waals surface area (Å²) >= 11 is 0. The first kappa shape index (κ1) is 23.7. The second kappa shape index (κ2) is 9.80. The van der Waals surface area contributed by atoms with E-state index in [9.17, 15) is 14.4 Å². The minimum absolute atomic E-state index is 0.293. The van der Waals surface area contributed by atoms with Gasteiger partial charge in [0.25, 0.3) is 5.56 Å². The van der Waals surface area contributed by atoms with Gasteiger partial charge in [-0.3, -0.25) is 18.7 Å². The molecule has 3 aromatic rings. The van der Waals surface area contributed by atoms with Crippen LogP contribution >= 0.6 is 0 Å². The van der Waals surface area contributed by atoms with Crippen LogP contribution in [0.2, 0.25) is 0 Å². The number of rotatable bonds is 7. The summed E-state index contributed by atoms with van der Waals surface area (Å²) in [6.07, 6.45) is 3.94. The topological polar surface area (TPSA) is 108 Å². The highest BCUT2D eigenvalue weighted by molar-refractivity contribution is 5.95. The number of piperidine rings is 1. The molecule has 0 bridgehead atoms. The number of nitrogens with two attached hydrogens (primary N) is 1. The third kappa shape index (κ3) is 4.48. The van der Waals surface area contributed by atoms with E-state index in [0.717, 1.165) is 36.1 Å². The van der Waals surface area contributed by atoms with Gasteiger partial charge < -0.3 is 15.2 Å². The van der Waals surface area contributed by atoms with Crippen LogP contribution in [0.3, 0.4) is 0 Å². The van der Waals surface area contributed by atoms with Gasteiger partial charge in [0.2, 0.25) is 5.95 Å².